The Morgan fingerprint density at radius 1 is 1.18 bits per heavy atom. The smallest absolute Gasteiger partial charge is 0.317 e. The van der Waals surface area contributed by atoms with Crippen molar-refractivity contribution in [3.63, 3.8) is 0 Å². The van der Waals surface area contributed by atoms with Gasteiger partial charge in [0.2, 0.25) is 0 Å². The van der Waals surface area contributed by atoms with Crippen LogP contribution in [0.1, 0.15) is 47.5 Å². The molecule has 0 aromatic heterocycles. The number of hydrogen-bond donors (Lipinski definition) is 2. The van der Waals surface area contributed by atoms with Gasteiger partial charge in [-0.2, -0.15) is 0 Å². The summed E-state index contributed by atoms with van der Waals surface area (Å²) in [4.78, 5) is 17.0. The van der Waals surface area contributed by atoms with Crippen molar-refractivity contribution in [1.82, 2.24) is 15.1 Å². The highest BCUT2D eigenvalue weighted by Gasteiger charge is 2.36. The minimum Gasteiger partial charge on any atom is -0.390 e. The highest BCUT2D eigenvalue weighted by Crippen LogP contribution is 2.30. The molecule has 2 amide bonds. The van der Waals surface area contributed by atoms with Crippen LogP contribution in [0.5, 0.6) is 0 Å². The molecule has 1 aliphatic heterocycles. The van der Waals surface area contributed by atoms with Crippen LogP contribution in [0.15, 0.2) is 0 Å². The number of rotatable bonds is 4. The summed E-state index contributed by atoms with van der Waals surface area (Å²) >= 11 is 0. The van der Waals surface area contributed by atoms with E-state index in [1.807, 2.05) is 18.7 Å². The molecule has 2 N–H and O–H groups in total. The molecule has 2 aliphatic rings. The molecule has 0 aromatic rings. The zero-order valence-corrected chi connectivity index (χ0v) is 14.9. The van der Waals surface area contributed by atoms with Crippen molar-refractivity contribution in [2.75, 3.05) is 32.7 Å². The Morgan fingerprint density at radius 2 is 1.82 bits per heavy atom. The van der Waals surface area contributed by atoms with Crippen molar-refractivity contribution in [3.05, 3.63) is 0 Å². The minimum atomic E-state index is -0.824. The fraction of sp³-hybridized carbons (Fsp3) is 0.941. The molecule has 0 aromatic carbocycles. The predicted octanol–water partition coefficient (Wildman–Crippen LogP) is 1.91. The maximum Gasteiger partial charge on any atom is 0.317 e. The third-order valence-corrected chi connectivity index (χ3v) is 5.42. The van der Waals surface area contributed by atoms with Gasteiger partial charge in [-0.05, 0) is 32.6 Å². The van der Waals surface area contributed by atoms with E-state index >= 15 is 0 Å². The molecule has 5 nitrogen and oxygen atoms in total. The molecule has 1 saturated heterocycles. The monoisotopic (exact) mass is 311 g/mol. The van der Waals surface area contributed by atoms with Crippen LogP contribution in [0.4, 0.5) is 4.79 Å². The van der Waals surface area contributed by atoms with E-state index in [0.717, 1.165) is 32.2 Å². The molecule has 22 heavy (non-hydrogen) atoms. The molecule has 2 fully saturated rings. The highest BCUT2D eigenvalue weighted by atomic mass is 16.3. The van der Waals surface area contributed by atoms with E-state index < -0.39 is 5.60 Å². The Kier molecular flexibility index (Phi) is 5.07. The summed E-state index contributed by atoms with van der Waals surface area (Å²) in [6.45, 7) is 13.9. The van der Waals surface area contributed by atoms with E-state index in [0.29, 0.717) is 12.5 Å². The number of amides is 2. The van der Waals surface area contributed by atoms with E-state index in [9.17, 15) is 9.90 Å². The Balaban J connectivity index is 1.86. The molecule has 0 bridgehead atoms. The fourth-order valence-electron chi connectivity index (χ4n) is 2.85. The van der Waals surface area contributed by atoms with Crippen molar-refractivity contribution in [3.8, 4) is 0 Å². The van der Waals surface area contributed by atoms with Crippen molar-refractivity contribution in [2.24, 2.45) is 11.3 Å². The summed E-state index contributed by atoms with van der Waals surface area (Å²) in [6, 6.07) is 0.765. The summed E-state index contributed by atoms with van der Waals surface area (Å²) in [6.07, 6.45) is 2.64. The molecule has 5 heteroatoms. The lowest BCUT2D eigenvalue weighted by molar-refractivity contribution is -0.0326. The van der Waals surface area contributed by atoms with Gasteiger partial charge in [-0.25, -0.2) is 4.79 Å². The largest absolute Gasteiger partial charge is 0.390 e. The molecule has 1 heterocycles. The van der Waals surface area contributed by atoms with Gasteiger partial charge in [0, 0.05) is 44.2 Å². The lowest BCUT2D eigenvalue weighted by atomic mass is 9.77. The van der Waals surface area contributed by atoms with Gasteiger partial charge in [0.25, 0.3) is 0 Å². The van der Waals surface area contributed by atoms with Crippen molar-refractivity contribution < 1.29 is 9.90 Å². The summed E-state index contributed by atoms with van der Waals surface area (Å²) < 4.78 is 0. The Labute approximate surface area is 135 Å². The standard InChI is InChI=1S/C17H33N3O2/c1-13-10-19(14-6-7-14)8-9-20(11-13)15(21)18-12-16(2,3)17(4,5)22/h13-14,22H,6-12H2,1-5H3,(H,18,21). The van der Waals surface area contributed by atoms with Crippen LogP contribution in [0.2, 0.25) is 0 Å². The highest BCUT2D eigenvalue weighted by molar-refractivity contribution is 5.74. The normalized spacial score (nSPS) is 25.0. The molecule has 1 aliphatic carbocycles. The Hall–Kier alpha value is -0.810. The molecular formula is C17H33N3O2. The molecule has 1 unspecified atom stereocenters. The van der Waals surface area contributed by atoms with Gasteiger partial charge in [0.15, 0.2) is 0 Å². The van der Waals surface area contributed by atoms with Gasteiger partial charge in [0.05, 0.1) is 5.60 Å². The molecular weight excluding hydrogens is 278 g/mol. The van der Waals surface area contributed by atoms with E-state index in [4.69, 9.17) is 0 Å². The average molecular weight is 311 g/mol. The molecule has 1 atom stereocenters. The van der Waals surface area contributed by atoms with Gasteiger partial charge in [-0.3, -0.25) is 4.90 Å². The first-order valence-corrected chi connectivity index (χ1v) is 8.59. The van der Waals surface area contributed by atoms with Crippen LogP contribution in [-0.2, 0) is 0 Å². The quantitative estimate of drug-likeness (QED) is 0.834. The first kappa shape index (κ1) is 17.5. The van der Waals surface area contributed by atoms with Crippen molar-refractivity contribution >= 4 is 6.03 Å². The number of hydrogen-bond acceptors (Lipinski definition) is 3. The number of nitrogens with one attached hydrogen (secondary N) is 1. The van der Waals surface area contributed by atoms with Crippen LogP contribution in [0, 0.1) is 11.3 Å². The van der Waals surface area contributed by atoms with Gasteiger partial charge in [-0.15, -0.1) is 0 Å². The zero-order valence-electron chi connectivity index (χ0n) is 14.9. The maximum atomic E-state index is 12.5. The number of carbonyl (C=O) groups excluding carboxylic acids is 1. The van der Waals surface area contributed by atoms with Gasteiger partial charge in [-0.1, -0.05) is 20.8 Å². The van der Waals surface area contributed by atoms with Crippen LogP contribution < -0.4 is 5.32 Å². The van der Waals surface area contributed by atoms with E-state index in [1.54, 1.807) is 13.8 Å². The van der Waals surface area contributed by atoms with Gasteiger partial charge in [0.1, 0.15) is 0 Å². The molecule has 1 saturated carbocycles. The van der Waals surface area contributed by atoms with Crippen molar-refractivity contribution in [2.45, 2.75) is 59.1 Å². The Bertz CT molecular complexity index is 399. The SMILES string of the molecule is CC1CN(C(=O)NCC(C)(C)C(C)(C)O)CCN(C2CC2)C1. The summed E-state index contributed by atoms with van der Waals surface area (Å²) in [5.74, 6) is 0.510. The zero-order chi connectivity index (χ0) is 16.5. The first-order chi connectivity index (χ1) is 10.1. The molecule has 128 valence electrons. The van der Waals surface area contributed by atoms with Gasteiger partial charge >= 0.3 is 6.03 Å². The van der Waals surface area contributed by atoms with E-state index in [2.05, 4.69) is 17.1 Å². The second-order valence-electron chi connectivity index (χ2n) is 8.38. The minimum absolute atomic E-state index is 0.00169. The van der Waals surface area contributed by atoms with E-state index in [-0.39, 0.29) is 11.4 Å². The first-order valence-electron chi connectivity index (χ1n) is 8.59. The van der Waals surface area contributed by atoms with Crippen LogP contribution in [-0.4, -0.2) is 65.3 Å². The summed E-state index contributed by atoms with van der Waals surface area (Å²) in [5, 5.41) is 13.2. The topological polar surface area (TPSA) is 55.8 Å². The molecule has 0 spiro atoms. The average Bonchev–Trinajstić information content (AvgIpc) is 3.21. The summed E-state index contributed by atoms with van der Waals surface area (Å²) in [5.41, 5.74) is -1.19. The molecule has 0 radical (unpaired) electrons. The lowest BCUT2D eigenvalue weighted by Gasteiger charge is -2.38. The fourth-order valence-corrected chi connectivity index (χ4v) is 2.85. The third kappa shape index (κ3) is 4.35. The van der Waals surface area contributed by atoms with Gasteiger partial charge < -0.3 is 15.3 Å². The number of aliphatic hydroxyl groups is 1. The summed E-state index contributed by atoms with van der Waals surface area (Å²) in [7, 11) is 0. The lowest BCUT2D eigenvalue weighted by Crippen LogP contribution is -2.51. The second-order valence-corrected chi connectivity index (χ2v) is 8.38. The van der Waals surface area contributed by atoms with Crippen LogP contribution >= 0.6 is 0 Å². The Morgan fingerprint density at radius 3 is 2.36 bits per heavy atom. The molecule has 2 rings (SSSR count). The number of urea groups is 1. The van der Waals surface area contributed by atoms with E-state index in [1.165, 1.54) is 12.8 Å². The maximum absolute atomic E-state index is 12.5. The van der Waals surface area contributed by atoms with Crippen molar-refractivity contribution in [1.29, 1.82) is 0 Å². The number of nitrogens with zero attached hydrogens (tertiary/aromatic N) is 2. The third-order valence-electron chi connectivity index (χ3n) is 5.42. The second kappa shape index (κ2) is 6.36. The number of carbonyl (C=O) groups is 1. The van der Waals surface area contributed by atoms with Crippen LogP contribution in [0.25, 0.3) is 0 Å². The van der Waals surface area contributed by atoms with Crippen LogP contribution in [0.3, 0.4) is 0 Å². The predicted molar refractivity (Wildman–Crippen MR) is 88.8 cm³/mol.